The number of hydrogen-bond acceptors (Lipinski definition) is 6. The minimum absolute atomic E-state index is 0.0997. The number of imidazole rings is 1. The zero-order valence-corrected chi connectivity index (χ0v) is 21.4. The molecule has 178 valence electrons. The second kappa shape index (κ2) is 8.84. The van der Waals surface area contributed by atoms with E-state index in [-0.39, 0.29) is 6.23 Å². The molecule has 0 spiro atoms. The highest BCUT2D eigenvalue weighted by Crippen LogP contribution is 2.41. The van der Waals surface area contributed by atoms with Crippen LogP contribution >= 0.6 is 18.7 Å². The summed E-state index contributed by atoms with van der Waals surface area (Å²) in [4.78, 5) is 9.38. The summed E-state index contributed by atoms with van der Waals surface area (Å²) in [6, 6.07) is 9.56. The van der Waals surface area contributed by atoms with E-state index in [4.69, 9.17) is 21.3 Å². The summed E-state index contributed by atoms with van der Waals surface area (Å²) in [6.45, 7) is 6.22. The molecule has 1 aromatic carbocycles. The molecule has 0 saturated carbocycles. The van der Waals surface area contributed by atoms with E-state index in [1.165, 1.54) is 0 Å². The third-order valence-electron chi connectivity index (χ3n) is 6.09. The van der Waals surface area contributed by atoms with Crippen LogP contribution in [-0.4, -0.2) is 44.3 Å². The Bertz CT molecular complexity index is 1420. The van der Waals surface area contributed by atoms with Gasteiger partial charge >= 0.3 is 0 Å². The zero-order chi connectivity index (χ0) is 24.0. The third-order valence-corrected chi connectivity index (χ3v) is 7.82. The number of halogens is 1. The monoisotopic (exact) mass is 498 g/mol. The highest BCUT2D eigenvalue weighted by atomic mass is 35.5. The Balaban J connectivity index is 1.59. The SMILES string of the molecule is Cc1nc2c(Nc3ccc(-c4ccn(C)n4)cc3P(C)(C)=O)cc(Cl)nc2n1C1CCCCO1. The molecule has 8 nitrogen and oxygen atoms in total. The van der Waals surface area contributed by atoms with E-state index in [0.29, 0.717) is 22.0 Å². The molecule has 1 fully saturated rings. The second-order valence-corrected chi connectivity index (χ2v) is 12.7. The summed E-state index contributed by atoms with van der Waals surface area (Å²) >= 11 is 6.45. The second-order valence-electron chi connectivity index (χ2n) is 9.10. The molecule has 0 aliphatic carbocycles. The smallest absolute Gasteiger partial charge is 0.166 e. The van der Waals surface area contributed by atoms with Gasteiger partial charge in [0.25, 0.3) is 0 Å². The van der Waals surface area contributed by atoms with Crippen molar-refractivity contribution in [3.8, 4) is 11.3 Å². The summed E-state index contributed by atoms with van der Waals surface area (Å²) in [5, 5.41) is 9.03. The van der Waals surface area contributed by atoms with E-state index in [1.807, 2.05) is 49.0 Å². The topological polar surface area (TPSA) is 86.9 Å². The lowest BCUT2D eigenvalue weighted by Gasteiger charge is -2.25. The molecule has 1 aliphatic heterocycles. The van der Waals surface area contributed by atoms with Crippen molar-refractivity contribution in [2.75, 3.05) is 25.3 Å². The van der Waals surface area contributed by atoms with Gasteiger partial charge in [-0.2, -0.15) is 5.10 Å². The number of benzene rings is 1. The van der Waals surface area contributed by atoms with Crippen LogP contribution in [0.5, 0.6) is 0 Å². The molecule has 1 atom stereocenters. The number of nitrogens with zero attached hydrogens (tertiary/aromatic N) is 5. The molecule has 1 N–H and O–H groups in total. The first-order valence-corrected chi connectivity index (χ1v) is 14.3. The maximum Gasteiger partial charge on any atom is 0.166 e. The Morgan fingerprint density at radius 3 is 2.65 bits per heavy atom. The number of pyridine rings is 1. The van der Waals surface area contributed by atoms with Crippen molar-refractivity contribution < 1.29 is 9.30 Å². The van der Waals surface area contributed by atoms with Gasteiger partial charge in [-0.1, -0.05) is 17.7 Å². The van der Waals surface area contributed by atoms with E-state index >= 15 is 0 Å². The first-order valence-electron chi connectivity index (χ1n) is 11.3. The number of aryl methyl sites for hydroxylation is 2. The largest absolute Gasteiger partial charge is 0.358 e. The summed E-state index contributed by atoms with van der Waals surface area (Å²) in [5.74, 6) is 0.821. The molecule has 3 aromatic heterocycles. The quantitative estimate of drug-likeness (QED) is 0.289. The Hall–Kier alpha value is -2.67. The standard InChI is InChI=1S/C24H28ClN6O2P/c1-15-26-23-19(14-21(25)28-24(23)31(15)22-7-5-6-12-33-22)27-18-9-8-16(13-20(18)34(3,4)32)17-10-11-30(2)29-17/h8-11,13-14,22H,5-7,12H2,1-4H3,(H,27,28). The predicted molar refractivity (Wildman–Crippen MR) is 137 cm³/mol. The minimum Gasteiger partial charge on any atom is -0.358 e. The van der Waals surface area contributed by atoms with Gasteiger partial charge in [0.15, 0.2) is 5.65 Å². The van der Waals surface area contributed by atoms with Crippen LogP contribution < -0.4 is 10.6 Å². The van der Waals surface area contributed by atoms with Crippen LogP contribution in [0.2, 0.25) is 5.15 Å². The number of rotatable bonds is 5. The molecular weight excluding hydrogens is 471 g/mol. The Morgan fingerprint density at radius 2 is 1.97 bits per heavy atom. The maximum absolute atomic E-state index is 13.3. The first kappa shape index (κ1) is 23.1. The van der Waals surface area contributed by atoms with Gasteiger partial charge in [0, 0.05) is 42.5 Å². The van der Waals surface area contributed by atoms with Gasteiger partial charge in [0.05, 0.1) is 11.4 Å². The average Bonchev–Trinajstić information content (AvgIpc) is 3.36. The van der Waals surface area contributed by atoms with Crippen LogP contribution in [0.1, 0.15) is 31.3 Å². The van der Waals surface area contributed by atoms with Gasteiger partial charge in [-0.25, -0.2) is 9.97 Å². The van der Waals surface area contributed by atoms with Crippen LogP contribution in [0.4, 0.5) is 11.4 Å². The summed E-state index contributed by atoms with van der Waals surface area (Å²) in [6.07, 6.45) is 4.87. The van der Waals surface area contributed by atoms with Gasteiger partial charge in [-0.05, 0) is 57.7 Å². The zero-order valence-electron chi connectivity index (χ0n) is 19.7. The third kappa shape index (κ3) is 4.38. The van der Waals surface area contributed by atoms with E-state index in [0.717, 1.165) is 53.9 Å². The summed E-state index contributed by atoms with van der Waals surface area (Å²) in [5.41, 5.74) is 4.60. The first-order chi connectivity index (χ1) is 16.2. The highest BCUT2D eigenvalue weighted by Gasteiger charge is 2.24. The molecule has 1 aliphatic rings. The summed E-state index contributed by atoms with van der Waals surface area (Å²) < 4.78 is 23.1. The van der Waals surface area contributed by atoms with E-state index < -0.39 is 7.14 Å². The van der Waals surface area contributed by atoms with E-state index in [1.54, 1.807) is 24.1 Å². The van der Waals surface area contributed by atoms with Gasteiger partial charge in [-0.3, -0.25) is 9.25 Å². The summed E-state index contributed by atoms with van der Waals surface area (Å²) in [7, 11) is -0.745. The van der Waals surface area contributed by atoms with Crippen LogP contribution in [0.3, 0.4) is 0 Å². The highest BCUT2D eigenvalue weighted by molar-refractivity contribution is 7.70. The van der Waals surface area contributed by atoms with Crippen LogP contribution in [0, 0.1) is 6.92 Å². The number of anilines is 2. The van der Waals surface area contributed by atoms with Crippen molar-refractivity contribution in [3.63, 3.8) is 0 Å². The molecule has 4 heterocycles. The van der Waals surface area contributed by atoms with Crippen LogP contribution in [-0.2, 0) is 16.3 Å². The van der Waals surface area contributed by atoms with Crippen LogP contribution in [0.25, 0.3) is 22.4 Å². The predicted octanol–water partition coefficient (Wildman–Crippen LogP) is 5.48. The van der Waals surface area contributed by atoms with Gasteiger partial charge in [-0.15, -0.1) is 0 Å². The molecule has 4 aromatic rings. The fourth-order valence-corrected chi connectivity index (χ4v) is 5.81. The van der Waals surface area contributed by atoms with Crippen molar-refractivity contribution in [1.82, 2.24) is 24.3 Å². The van der Waals surface area contributed by atoms with Crippen molar-refractivity contribution in [2.45, 2.75) is 32.4 Å². The maximum atomic E-state index is 13.3. The van der Waals surface area contributed by atoms with Gasteiger partial charge < -0.3 is 14.6 Å². The minimum atomic E-state index is -2.62. The fraction of sp³-hybridized carbons (Fsp3) is 0.375. The molecule has 1 saturated heterocycles. The Labute approximate surface area is 203 Å². The van der Waals surface area contributed by atoms with Gasteiger partial charge in [0.2, 0.25) is 0 Å². The van der Waals surface area contributed by atoms with Crippen molar-refractivity contribution in [2.24, 2.45) is 7.05 Å². The van der Waals surface area contributed by atoms with E-state index in [2.05, 4.69) is 15.4 Å². The Kier molecular flexibility index (Phi) is 6.00. The molecule has 0 radical (unpaired) electrons. The number of ether oxygens (including phenoxy) is 1. The molecule has 1 unspecified atom stereocenters. The molecular formula is C24H28ClN6O2P. The fourth-order valence-electron chi connectivity index (χ4n) is 4.47. The number of nitrogens with one attached hydrogen (secondary N) is 1. The molecule has 10 heteroatoms. The molecule has 34 heavy (non-hydrogen) atoms. The number of fused-ring (bicyclic) bond motifs is 1. The Morgan fingerprint density at radius 1 is 1.15 bits per heavy atom. The lowest BCUT2D eigenvalue weighted by molar-refractivity contribution is -0.0309. The molecule has 0 amide bonds. The van der Waals surface area contributed by atoms with Crippen molar-refractivity contribution in [1.29, 1.82) is 0 Å². The van der Waals surface area contributed by atoms with Crippen molar-refractivity contribution in [3.05, 3.63) is 47.5 Å². The van der Waals surface area contributed by atoms with E-state index in [9.17, 15) is 4.57 Å². The molecule has 0 bridgehead atoms. The lowest BCUT2D eigenvalue weighted by Crippen LogP contribution is -2.19. The molecule has 5 rings (SSSR count). The normalized spacial score (nSPS) is 16.8. The number of hydrogen-bond donors (Lipinski definition) is 1. The average molecular weight is 499 g/mol. The van der Waals surface area contributed by atoms with Crippen LogP contribution in [0.15, 0.2) is 36.5 Å². The number of aromatic nitrogens is 5. The lowest BCUT2D eigenvalue weighted by atomic mass is 10.1. The van der Waals surface area contributed by atoms with Gasteiger partial charge in [0.1, 0.15) is 29.9 Å². The van der Waals surface area contributed by atoms with Crippen molar-refractivity contribution >= 4 is 46.6 Å².